The molecule has 2 aliphatic rings. The number of anilines is 3. The molecule has 0 bridgehead atoms. The molecule has 2 aromatic carbocycles. The molecule has 1 aromatic heterocycles. The Morgan fingerprint density at radius 3 is 2.40 bits per heavy atom. The predicted molar refractivity (Wildman–Crippen MR) is 133 cm³/mol. The van der Waals surface area contributed by atoms with Crippen molar-refractivity contribution in [2.24, 2.45) is 5.92 Å². The first-order valence-corrected chi connectivity index (χ1v) is 12.4. The van der Waals surface area contributed by atoms with Crippen LogP contribution >= 0.6 is 11.3 Å². The van der Waals surface area contributed by atoms with Crippen molar-refractivity contribution in [3.63, 3.8) is 0 Å². The van der Waals surface area contributed by atoms with E-state index in [9.17, 15) is 14.4 Å². The summed E-state index contributed by atoms with van der Waals surface area (Å²) in [6, 6.07) is 16.8. The molecule has 5 rings (SSSR count). The lowest BCUT2D eigenvalue weighted by Gasteiger charge is -2.17. The molecule has 180 valence electrons. The summed E-state index contributed by atoms with van der Waals surface area (Å²) in [6.07, 6.45) is 0.486. The van der Waals surface area contributed by atoms with E-state index in [2.05, 4.69) is 15.5 Å². The number of rotatable bonds is 7. The normalized spacial score (nSPS) is 19.9. The summed E-state index contributed by atoms with van der Waals surface area (Å²) in [5, 5.41) is 12.2. The average molecular weight is 492 g/mol. The first-order valence-electron chi connectivity index (χ1n) is 11.5. The van der Waals surface area contributed by atoms with Crippen LogP contribution in [0.5, 0.6) is 5.75 Å². The van der Waals surface area contributed by atoms with Crippen LogP contribution in [-0.2, 0) is 14.4 Å². The fraction of sp³-hybridized carbons (Fsp3) is 0.320. The van der Waals surface area contributed by atoms with Gasteiger partial charge in [-0.2, -0.15) is 0 Å². The van der Waals surface area contributed by atoms with Gasteiger partial charge in [0.1, 0.15) is 10.8 Å². The van der Waals surface area contributed by atoms with E-state index in [0.29, 0.717) is 36.3 Å². The van der Waals surface area contributed by atoms with Crippen molar-refractivity contribution >= 4 is 45.6 Å². The number of amides is 3. The third-order valence-corrected chi connectivity index (χ3v) is 7.17. The maximum Gasteiger partial charge on any atom is 0.231 e. The van der Waals surface area contributed by atoms with Gasteiger partial charge >= 0.3 is 0 Å². The Kier molecular flexibility index (Phi) is 6.45. The van der Waals surface area contributed by atoms with Gasteiger partial charge in [-0.15, -0.1) is 10.2 Å². The largest absolute Gasteiger partial charge is 0.494 e. The van der Waals surface area contributed by atoms with Crippen LogP contribution in [0.25, 0.3) is 0 Å². The number of carbonyl (C=O) groups excluding carboxylic acids is 3. The van der Waals surface area contributed by atoms with Gasteiger partial charge < -0.3 is 19.9 Å². The second-order valence-electron chi connectivity index (χ2n) is 8.51. The van der Waals surface area contributed by atoms with Gasteiger partial charge in [0.2, 0.25) is 22.9 Å². The predicted octanol–water partition coefficient (Wildman–Crippen LogP) is 3.45. The van der Waals surface area contributed by atoms with E-state index >= 15 is 0 Å². The molecule has 35 heavy (non-hydrogen) atoms. The molecule has 2 unspecified atom stereocenters. The molecule has 2 aliphatic heterocycles. The van der Waals surface area contributed by atoms with Crippen molar-refractivity contribution in [3.8, 4) is 5.75 Å². The number of para-hydroxylation sites is 1. The standard InChI is InChI=1S/C25H25N5O4S/c1-2-34-20-10-8-19(9-11-20)29-14-16(12-21(29)31)23(33)26-25-28-27-24(35-25)17-13-22(32)30(15-17)18-6-4-3-5-7-18/h3-11,16-17H,2,12-15H2,1H3,(H,26,28,33). The molecule has 2 atom stereocenters. The zero-order valence-electron chi connectivity index (χ0n) is 19.2. The minimum absolute atomic E-state index is 0.0424. The Labute approximate surface area is 206 Å². The number of ether oxygens (including phenoxy) is 1. The van der Waals surface area contributed by atoms with Crippen LogP contribution < -0.4 is 19.9 Å². The maximum atomic E-state index is 12.9. The number of nitrogens with one attached hydrogen (secondary N) is 1. The summed E-state index contributed by atoms with van der Waals surface area (Å²) in [5.41, 5.74) is 1.60. The van der Waals surface area contributed by atoms with Crippen molar-refractivity contribution < 1.29 is 19.1 Å². The molecule has 0 radical (unpaired) electrons. The van der Waals surface area contributed by atoms with Gasteiger partial charge in [0.15, 0.2) is 0 Å². The molecule has 2 fully saturated rings. The highest BCUT2D eigenvalue weighted by molar-refractivity contribution is 7.15. The Morgan fingerprint density at radius 2 is 1.66 bits per heavy atom. The van der Waals surface area contributed by atoms with Crippen LogP contribution in [0.2, 0.25) is 0 Å². The summed E-state index contributed by atoms with van der Waals surface area (Å²) in [6.45, 7) is 3.31. The van der Waals surface area contributed by atoms with E-state index in [1.54, 1.807) is 9.80 Å². The zero-order valence-corrected chi connectivity index (χ0v) is 20.0. The molecule has 3 amide bonds. The summed E-state index contributed by atoms with van der Waals surface area (Å²) < 4.78 is 5.45. The number of hydrogen-bond donors (Lipinski definition) is 1. The molecule has 9 nitrogen and oxygen atoms in total. The molecule has 0 saturated carbocycles. The molecule has 0 aliphatic carbocycles. The summed E-state index contributed by atoms with van der Waals surface area (Å²) in [5.74, 6) is -0.140. The second-order valence-corrected chi connectivity index (χ2v) is 9.52. The van der Waals surface area contributed by atoms with E-state index in [1.807, 2.05) is 61.5 Å². The van der Waals surface area contributed by atoms with Crippen molar-refractivity contribution in [1.82, 2.24) is 10.2 Å². The van der Waals surface area contributed by atoms with Gasteiger partial charge in [-0.3, -0.25) is 14.4 Å². The Bertz CT molecular complexity index is 1230. The Hall–Kier alpha value is -3.79. The molecule has 3 heterocycles. The lowest BCUT2D eigenvalue weighted by atomic mass is 10.1. The van der Waals surface area contributed by atoms with E-state index < -0.39 is 5.92 Å². The molecular formula is C25H25N5O4S. The fourth-order valence-corrected chi connectivity index (χ4v) is 5.25. The van der Waals surface area contributed by atoms with E-state index in [0.717, 1.165) is 17.1 Å². The highest BCUT2D eigenvalue weighted by atomic mass is 32.1. The maximum absolute atomic E-state index is 12.9. The van der Waals surface area contributed by atoms with Crippen LogP contribution in [0.1, 0.15) is 30.7 Å². The Morgan fingerprint density at radius 1 is 0.971 bits per heavy atom. The van der Waals surface area contributed by atoms with Crippen molar-refractivity contribution in [3.05, 3.63) is 59.6 Å². The van der Waals surface area contributed by atoms with Gasteiger partial charge in [0.25, 0.3) is 0 Å². The third-order valence-electron chi connectivity index (χ3n) is 6.17. The van der Waals surface area contributed by atoms with Gasteiger partial charge in [0, 0.05) is 43.2 Å². The first-order chi connectivity index (χ1) is 17.0. The average Bonchev–Trinajstić information content (AvgIpc) is 3.59. The smallest absolute Gasteiger partial charge is 0.231 e. The van der Waals surface area contributed by atoms with Gasteiger partial charge in [-0.1, -0.05) is 29.5 Å². The van der Waals surface area contributed by atoms with Crippen LogP contribution in [0.3, 0.4) is 0 Å². The Balaban J connectivity index is 1.19. The summed E-state index contributed by atoms with van der Waals surface area (Å²) >= 11 is 1.28. The van der Waals surface area contributed by atoms with Crippen molar-refractivity contribution in [2.75, 3.05) is 34.8 Å². The van der Waals surface area contributed by atoms with Crippen LogP contribution in [0, 0.1) is 5.92 Å². The summed E-state index contributed by atoms with van der Waals surface area (Å²) in [7, 11) is 0. The van der Waals surface area contributed by atoms with Crippen molar-refractivity contribution in [2.45, 2.75) is 25.7 Å². The van der Waals surface area contributed by atoms with E-state index in [4.69, 9.17) is 4.74 Å². The number of hydrogen-bond acceptors (Lipinski definition) is 7. The van der Waals surface area contributed by atoms with Crippen LogP contribution in [-0.4, -0.2) is 47.6 Å². The van der Waals surface area contributed by atoms with Gasteiger partial charge in [-0.05, 0) is 43.3 Å². The monoisotopic (exact) mass is 491 g/mol. The molecule has 3 aromatic rings. The first kappa shape index (κ1) is 23.0. The number of benzene rings is 2. The minimum Gasteiger partial charge on any atom is -0.494 e. The number of aromatic nitrogens is 2. The lowest BCUT2D eigenvalue weighted by molar-refractivity contribution is -0.122. The molecular weight excluding hydrogens is 466 g/mol. The highest BCUT2D eigenvalue weighted by Crippen LogP contribution is 2.34. The van der Waals surface area contributed by atoms with Crippen molar-refractivity contribution in [1.29, 1.82) is 0 Å². The van der Waals surface area contributed by atoms with Crippen LogP contribution in [0.15, 0.2) is 54.6 Å². The minimum atomic E-state index is -0.483. The number of nitrogens with zero attached hydrogens (tertiary/aromatic N) is 4. The molecule has 0 spiro atoms. The number of carbonyl (C=O) groups is 3. The second kappa shape index (κ2) is 9.83. The van der Waals surface area contributed by atoms with E-state index in [-0.39, 0.29) is 30.1 Å². The highest BCUT2D eigenvalue weighted by Gasteiger charge is 2.37. The molecule has 10 heteroatoms. The van der Waals surface area contributed by atoms with E-state index in [1.165, 1.54) is 11.3 Å². The third kappa shape index (κ3) is 4.88. The van der Waals surface area contributed by atoms with Crippen LogP contribution in [0.4, 0.5) is 16.5 Å². The lowest BCUT2D eigenvalue weighted by Crippen LogP contribution is -2.28. The quantitative estimate of drug-likeness (QED) is 0.543. The SMILES string of the molecule is CCOc1ccc(N2CC(C(=O)Nc3nnc(C4CC(=O)N(c5ccccc5)C4)s3)CC2=O)cc1. The topological polar surface area (TPSA) is 105 Å². The molecule has 1 N–H and O–H groups in total. The van der Waals surface area contributed by atoms with Gasteiger partial charge in [-0.25, -0.2) is 0 Å². The fourth-order valence-electron chi connectivity index (χ4n) is 4.41. The summed E-state index contributed by atoms with van der Waals surface area (Å²) in [4.78, 5) is 41.3. The zero-order chi connectivity index (χ0) is 24.4. The van der Waals surface area contributed by atoms with Gasteiger partial charge in [0.05, 0.1) is 12.5 Å². The molecule has 2 saturated heterocycles.